The number of fused-ring (bicyclic) bond motifs is 2. The average Bonchev–Trinajstić information content (AvgIpc) is 3.42. The molecule has 0 spiro atoms. The van der Waals surface area contributed by atoms with Crippen molar-refractivity contribution in [1.82, 2.24) is 24.6 Å². The Bertz CT molecular complexity index is 1800. The summed E-state index contributed by atoms with van der Waals surface area (Å²) in [5, 5.41) is 4.00. The number of sulfone groups is 1. The molecule has 0 saturated carbocycles. The lowest BCUT2D eigenvalue weighted by Crippen LogP contribution is -2.50. The Labute approximate surface area is 271 Å². The quantitative estimate of drug-likeness (QED) is 0.366. The van der Waals surface area contributed by atoms with E-state index in [9.17, 15) is 18.0 Å². The molecule has 2 fully saturated rings. The first kappa shape index (κ1) is 32.4. The molecule has 3 aromatic rings. The number of hydrogen-bond donors (Lipinski definition) is 0. The van der Waals surface area contributed by atoms with Crippen LogP contribution in [0.15, 0.2) is 17.4 Å². The molecule has 3 aliphatic rings. The molecule has 6 rings (SSSR count). The van der Waals surface area contributed by atoms with Gasteiger partial charge in [0.1, 0.15) is 23.1 Å². The van der Waals surface area contributed by atoms with Gasteiger partial charge < -0.3 is 19.3 Å². The molecule has 0 aliphatic carbocycles. The lowest BCUT2D eigenvalue weighted by molar-refractivity contribution is -0.0367. The van der Waals surface area contributed by atoms with E-state index < -0.39 is 44.6 Å². The van der Waals surface area contributed by atoms with E-state index in [1.54, 1.807) is 30.4 Å². The lowest BCUT2D eigenvalue weighted by atomic mass is 10.0. The SMILES string of the molecule is CC(C)(C)OC(=O)N1CCN(c2nc(S(C)(=O)=O)nc3c2CCCN3C(=O)c2c(Cl)c(F)cc3c2cnn3C2CCCCO2)CC1. The number of carbonyl (C=O) groups is 2. The Kier molecular flexibility index (Phi) is 8.61. The molecule has 0 N–H and O–H groups in total. The number of hydrogen-bond acceptors (Lipinski definition) is 10. The zero-order valence-electron chi connectivity index (χ0n) is 26.3. The first-order chi connectivity index (χ1) is 21.7. The summed E-state index contributed by atoms with van der Waals surface area (Å²) in [6.07, 6.45) is 5.22. The second-order valence-electron chi connectivity index (χ2n) is 12.8. The number of nitrogens with zero attached hydrogens (tertiary/aromatic N) is 7. The monoisotopic (exact) mass is 677 g/mol. The molecule has 248 valence electrons. The summed E-state index contributed by atoms with van der Waals surface area (Å²) < 4.78 is 53.9. The number of aromatic nitrogens is 4. The molecule has 3 aliphatic heterocycles. The first-order valence-corrected chi connectivity index (χ1v) is 17.6. The van der Waals surface area contributed by atoms with Crippen molar-refractivity contribution in [2.45, 2.75) is 69.9 Å². The normalized spacial score (nSPS) is 19.3. The molecule has 0 bridgehead atoms. The van der Waals surface area contributed by atoms with E-state index in [-0.39, 0.29) is 22.9 Å². The van der Waals surface area contributed by atoms with Gasteiger partial charge in [-0.15, -0.1) is 0 Å². The van der Waals surface area contributed by atoms with Crippen molar-refractivity contribution >= 4 is 56.0 Å². The first-order valence-electron chi connectivity index (χ1n) is 15.4. The third kappa shape index (κ3) is 6.24. The smallest absolute Gasteiger partial charge is 0.410 e. The zero-order chi connectivity index (χ0) is 33.0. The Morgan fingerprint density at radius 2 is 1.78 bits per heavy atom. The number of amides is 2. The predicted molar refractivity (Wildman–Crippen MR) is 169 cm³/mol. The minimum Gasteiger partial charge on any atom is -0.444 e. The van der Waals surface area contributed by atoms with E-state index in [1.165, 1.54) is 17.2 Å². The van der Waals surface area contributed by atoms with Gasteiger partial charge in [0.05, 0.1) is 22.3 Å². The number of halogens is 2. The van der Waals surface area contributed by atoms with Crippen molar-refractivity contribution in [2.75, 3.05) is 55.4 Å². The number of ether oxygens (including phenoxy) is 2. The van der Waals surface area contributed by atoms with Crippen LogP contribution in [0, 0.1) is 5.82 Å². The van der Waals surface area contributed by atoms with Crippen molar-refractivity contribution in [3.05, 3.63) is 34.2 Å². The minimum atomic E-state index is -3.90. The summed E-state index contributed by atoms with van der Waals surface area (Å²) in [5.74, 6) is -0.897. The Morgan fingerprint density at radius 1 is 1.07 bits per heavy atom. The van der Waals surface area contributed by atoms with E-state index in [0.29, 0.717) is 74.3 Å². The van der Waals surface area contributed by atoms with E-state index in [2.05, 4.69) is 15.1 Å². The summed E-state index contributed by atoms with van der Waals surface area (Å²) in [7, 11) is -3.90. The highest BCUT2D eigenvalue weighted by Crippen LogP contribution is 2.38. The number of carbonyl (C=O) groups excluding carboxylic acids is 2. The van der Waals surface area contributed by atoms with Gasteiger partial charge in [0.25, 0.3) is 11.1 Å². The Balaban J connectivity index is 1.37. The van der Waals surface area contributed by atoms with E-state index in [1.807, 2.05) is 4.90 Å². The minimum absolute atomic E-state index is 0.0846. The van der Waals surface area contributed by atoms with E-state index >= 15 is 4.39 Å². The van der Waals surface area contributed by atoms with Crippen LogP contribution in [-0.4, -0.2) is 96.3 Å². The molecule has 1 unspecified atom stereocenters. The standard InChI is InChI=1S/C30H37ClFN7O6S/c1-30(2,3)45-29(41)37-13-11-36(12-14-37)25-18-8-7-10-38(26(18)35-28(34-25)46(4,42)43)27(40)23-19-17-33-39(22-9-5-6-15-44-22)21(19)16-20(32)24(23)31/h16-17,22H,5-15H2,1-4H3. The number of piperazine rings is 1. The summed E-state index contributed by atoms with van der Waals surface area (Å²) in [4.78, 5) is 40.7. The van der Waals surface area contributed by atoms with E-state index in [0.717, 1.165) is 19.1 Å². The molecule has 16 heteroatoms. The molecule has 1 atom stereocenters. The van der Waals surface area contributed by atoms with Gasteiger partial charge in [0, 0.05) is 62.6 Å². The van der Waals surface area contributed by atoms with Crippen LogP contribution in [0.3, 0.4) is 0 Å². The fourth-order valence-corrected chi connectivity index (χ4v) is 6.82. The largest absolute Gasteiger partial charge is 0.444 e. The van der Waals surface area contributed by atoms with Crippen LogP contribution in [0.2, 0.25) is 5.02 Å². The molecule has 2 amide bonds. The van der Waals surface area contributed by atoms with Gasteiger partial charge in [-0.1, -0.05) is 11.6 Å². The van der Waals surface area contributed by atoms with Crippen molar-refractivity contribution in [2.24, 2.45) is 0 Å². The molecule has 13 nitrogen and oxygen atoms in total. The van der Waals surface area contributed by atoms with Crippen LogP contribution < -0.4 is 9.80 Å². The Morgan fingerprint density at radius 3 is 2.43 bits per heavy atom. The Hall–Kier alpha value is -3.56. The molecule has 1 aromatic carbocycles. The highest BCUT2D eigenvalue weighted by atomic mass is 35.5. The predicted octanol–water partition coefficient (Wildman–Crippen LogP) is 4.37. The second kappa shape index (κ2) is 12.2. The average molecular weight is 678 g/mol. The van der Waals surface area contributed by atoms with Gasteiger partial charge in [0.15, 0.2) is 6.23 Å². The topological polar surface area (TPSA) is 140 Å². The summed E-state index contributed by atoms with van der Waals surface area (Å²) in [6, 6.07) is 1.25. The van der Waals surface area contributed by atoms with E-state index in [4.69, 9.17) is 21.1 Å². The number of anilines is 2. The van der Waals surface area contributed by atoms with Crippen LogP contribution >= 0.6 is 11.6 Å². The van der Waals surface area contributed by atoms with Crippen LogP contribution in [0.5, 0.6) is 0 Å². The molecule has 5 heterocycles. The van der Waals surface area contributed by atoms with Crippen molar-refractivity contribution in [3.8, 4) is 0 Å². The summed E-state index contributed by atoms with van der Waals surface area (Å²) in [6.45, 7) is 7.53. The van der Waals surface area contributed by atoms with Gasteiger partial charge in [0.2, 0.25) is 9.84 Å². The van der Waals surface area contributed by atoms with Gasteiger partial charge in [-0.2, -0.15) is 5.10 Å². The van der Waals surface area contributed by atoms with Gasteiger partial charge in [-0.25, -0.2) is 32.3 Å². The fourth-order valence-electron chi connectivity index (χ4n) is 6.08. The molecular formula is C30H37ClFN7O6S. The highest BCUT2D eigenvalue weighted by molar-refractivity contribution is 7.90. The van der Waals surface area contributed by atoms with Crippen LogP contribution in [0.4, 0.5) is 20.8 Å². The summed E-state index contributed by atoms with van der Waals surface area (Å²) in [5.41, 5.74) is 0.238. The molecular weight excluding hydrogens is 641 g/mol. The van der Waals surface area contributed by atoms with Crippen LogP contribution in [0.25, 0.3) is 10.9 Å². The third-order valence-corrected chi connectivity index (χ3v) is 9.47. The molecule has 0 radical (unpaired) electrons. The van der Waals surface area contributed by atoms with Crippen LogP contribution in [-0.2, 0) is 25.7 Å². The van der Waals surface area contributed by atoms with Crippen molar-refractivity contribution in [3.63, 3.8) is 0 Å². The maximum Gasteiger partial charge on any atom is 0.410 e. The van der Waals surface area contributed by atoms with Crippen LogP contribution in [0.1, 0.15) is 68.6 Å². The van der Waals surface area contributed by atoms with Gasteiger partial charge in [-0.05, 0) is 52.9 Å². The fraction of sp³-hybridized carbons (Fsp3) is 0.567. The summed E-state index contributed by atoms with van der Waals surface area (Å²) >= 11 is 6.47. The molecule has 2 aromatic heterocycles. The van der Waals surface area contributed by atoms with Gasteiger partial charge in [-0.3, -0.25) is 9.69 Å². The zero-order valence-corrected chi connectivity index (χ0v) is 27.8. The molecule has 46 heavy (non-hydrogen) atoms. The van der Waals surface area contributed by atoms with Gasteiger partial charge >= 0.3 is 6.09 Å². The van der Waals surface area contributed by atoms with Crippen molar-refractivity contribution in [1.29, 1.82) is 0 Å². The highest BCUT2D eigenvalue weighted by Gasteiger charge is 2.36. The maximum atomic E-state index is 15.3. The third-order valence-electron chi connectivity index (χ3n) is 8.25. The number of benzene rings is 1. The second-order valence-corrected chi connectivity index (χ2v) is 15.1. The lowest BCUT2D eigenvalue weighted by Gasteiger charge is -2.38. The number of rotatable bonds is 4. The molecule has 2 saturated heterocycles. The van der Waals surface area contributed by atoms with Crippen molar-refractivity contribution < 1.29 is 31.9 Å². The maximum absolute atomic E-state index is 15.3.